The number of hydrogen-bond acceptors (Lipinski definition) is 4. The number of nitrogens with one attached hydrogen (secondary N) is 1. The first-order chi connectivity index (χ1) is 15.7. The molecule has 33 heavy (non-hydrogen) atoms. The second kappa shape index (κ2) is 7.72. The van der Waals surface area contributed by atoms with Crippen molar-refractivity contribution in [2.75, 3.05) is 10.2 Å². The third-order valence-corrected chi connectivity index (χ3v) is 5.83. The molecule has 1 N–H and O–H groups in total. The maximum Gasteiger partial charge on any atom is 0.433 e. The van der Waals surface area contributed by atoms with Gasteiger partial charge in [-0.2, -0.15) is 13.2 Å². The van der Waals surface area contributed by atoms with Crippen LogP contribution in [-0.2, 0) is 19.1 Å². The molecule has 10 heteroatoms. The van der Waals surface area contributed by atoms with Gasteiger partial charge in [0, 0.05) is 24.0 Å². The number of anilines is 2. The Morgan fingerprint density at radius 1 is 1.18 bits per heavy atom. The van der Waals surface area contributed by atoms with E-state index in [0.29, 0.717) is 29.8 Å². The number of aromatic nitrogens is 2. The minimum atomic E-state index is -4.66. The SMILES string of the molecule is Cc1cc2c(cc1N1Cc3c(ccnc3C(F)(F)F)NC1=O)O[C@H](c1ncccc1F)CC2. The fourth-order valence-electron chi connectivity index (χ4n) is 4.28. The fraction of sp³-hybridized carbons (Fsp3) is 0.261. The van der Waals surface area contributed by atoms with Gasteiger partial charge in [0.1, 0.15) is 23.4 Å². The molecule has 0 radical (unpaired) electrons. The molecule has 1 aromatic carbocycles. The molecule has 2 aliphatic heterocycles. The molecule has 0 spiro atoms. The van der Waals surface area contributed by atoms with Crippen LogP contribution in [0.2, 0.25) is 0 Å². The summed E-state index contributed by atoms with van der Waals surface area (Å²) in [5, 5.41) is 2.52. The zero-order chi connectivity index (χ0) is 23.3. The number of pyridine rings is 2. The number of aryl methyl sites for hydroxylation is 2. The second-order valence-electron chi connectivity index (χ2n) is 7.96. The van der Waals surface area contributed by atoms with Crippen molar-refractivity contribution in [2.24, 2.45) is 0 Å². The van der Waals surface area contributed by atoms with Crippen LogP contribution in [0.5, 0.6) is 5.75 Å². The summed E-state index contributed by atoms with van der Waals surface area (Å²) < 4.78 is 60.7. The molecule has 2 aliphatic rings. The lowest BCUT2D eigenvalue weighted by molar-refractivity contribution is -0.141. The number of benzene rings is 1. The van der Waals surface area contributed by atoms with E-state index in [9.17, 15) is 22.4 Å². The van der Waals surface area contributed by atoms with E-state index >= 15 is 0 Å². The van der Waals surface area contributed by atoms with E-state index in [1.807, 2.05) is 6.07 Å². The third-order valence-electron chi connectivity index (χ3n) is 5.83. The molecule has 4 heterocycles. The number of carbonyl (C=O) groups is 1. The van der Waals surface area contributed by atoms with Crippen LogP contribution in [-0.4, -0.2) is 16.0 Å². The number of ether oxygens (including phenoxy) is 1. The Morgan fingerprint density at radius 3 is 2.76 bits per heavy atom. The van der Waals surface area contributed by atoms with Gasteiger partial charge in [0.2, 0.25) is 0 Å². The minimum absolute atomic E-state index is 0.0797. The highest BCUT2D eigenvalue weighted by molar-refractivity contribution is 6.05. The number of carbonyl (C=O) groups excluding carboxylic acids is 1. The van der Waals surface area contributed by atoms with Gasteiger partial charge in [-0.05, 0) is 49.1 Å². The maximum absolute atomic E-state index is 14.2. The Labute approximate surface area is 186 Å². The number of alkyl halides is 3. The largest absolute Gasteiger partial charge is 0.484 e. The zero-order valence-corrected chi connectivity index (χ0v) is 17.4. The molecule has 0 saturated heterocycles. The van der Waals surface area contributed by atoms with Gasteiger partial charge in [0.05, 0.1) is 17.9 Å². The van der Waals surface area contributed by atoms with E-state index in [2.05, 4.69) is 15.3 Å². The number of rotatable bonds is 2. The number of urea groups is 1. The summed E-state index contributed by atoms with van der Waals surface area (Å²) >= 11 is 0. The monoisotopic (exact) mass is 458 g/mol. The lowest BCUT2D eigenvalue weighted by Gasteiger charge is -2.33. The van der Waals surface area contributed by atoms with Gasteiger partial charge in [-0.1, -0.05) is 6.07 Å². The fourth-order valence-corrected chi connectivity index (χ4v) is 4.28. The van der Waals surface area contributed by atoms with E-state index < -0.39 is 29.8 Å². The minimum Gasteiger partial charge on any atom is -0.484 e. The second-order valence-corrected chi connectivity index (χ2v) is 7.96. The van der Waals surface area contributed by atoms with Gasteiger partial charge in [0.15, 0.2) is 5.69 Å². The molecule has 2 amide bonds. The van der Waals surface area contributed by atoms with E-state index in [4.69, 9.17) is 4.74 Å². The average molecular weight is 458 g/mol. The number of fused-ring (bicyclic) bond motifs is 2. The summed E-state index contributed by atoms with van der Waals surface area (Å²) in [5.74, 6) is -0.0322. The van der Waals surface area contributed by atoms with Crippen LogP contribution in [0, 0.1) is 12.7 Å². The predicted octanol–water partition coefficient (Wildman–Crippen LogP) is 5.56. The summed E-state index contributed by atoms with van der Waals surface area (Å²) in [5.41, 5.74) is 1.09. The van der Waals surface area contributed by atoms with Crippen molar-refractivity contribution in [3.8, 4) is 5.75 Å². The highest BCUT2D eigenvalue weighted by Crippen LogP contribution is 2.41. The van der Waals surface area contributed by atoms with Crippen LogP contribution >= 0.6 is 0 Å². The van der Waals surface area contributed by atoms with Crippen molar-refractivity contribution in [3.05, 3.63) is 76.6 Å². The Kier molecular flexibility index (Phi) is 4.95. The lowest BCUT2D eigenvalue weighted by Crippen LogP contribution is -2.40. The van der Waals surface area contributed by atoms with E-state index in [0.717, 1.165) is 11.8 Å². The molecule has 2 aromatic heterocycles. The maximum atomic E-state index is 14.2. The molecule has 0 unspecified atom stereocenters. The molecule has 0 bridgehead atoms. The third kappa shape index (κ3) is 3.75. The van der Waals surface area contributed by atoms with Gasteiger partial charge in [0.25, 0.3) is 0 Å². The topological polar surface area (TPSA) is 67.4 Å². The Hall–Kier alpha value is -3.69. The summed E-state index contributed by atoms with van der Waals surface area (Å²) in [6, 6.07) is 7.04. The summed E-state index contributed by atoms with van der Waals surface area (Å²) in [6.07, 6.45) is -1.63. The molecule has 0 aliphatic carbocycles. The van der Waals surface area contributed by atoms with Crippen LogP contribution in [0.15, 0.2) is 42.7 Å². The van der Waals surface area contributed by atoms with Crippen LogP contribution in [0.25, 0.3) is 0 Å². The van der Waals surface area contributed by atoms with Crippen LogP contribution in [0.1, 0.15) is 40.6 Å². The average Bonchev–Trinajstić information content (AvgIpc) is 2.77. The lowest BCUT2D eigenvalue weighted by atomic mass is 9.97. The molecule has 170 valence electrons. The summed E-state index contributed by atoms with van der Waals surface area (Å²) in [4.78, 5) is 21.6. The Bertz CT molecular complexity index is 1260. The van der Waals surface area contributed by atoms with Crippen molar-refractivity contribution in [2.45, 2.75) is 38.6 Å². The number of hydrogen-bond donors (Lipinski definition) is 1. The summed E-state index contributed by atoms with van der Waals surface area (Å²) in [6.45, 7) is 1.47. The predicted molar refractivity (Wildman–Crippen MR) is 112 cm³/mol. The molecular formula is C23H18F4N4O2. The molecular weight excluding hydrogens is 440 g/mol. The molecule has 0 fully saturated rings. The Balaban J connectivity index is 1.51. The molecule has 5 rings (SSSR count). The Morgan fingerprint density at radius 2 is 2.00 bits per heavy atom. The zero-order valence-electron chi connectivity index (χ0n) is 17.4. The first-order valence-electron chi connectivity index (χ1n) is 10.3. The first-order valence-corrected chi connectivity index (χ1v) is 10.3. The van der Waals surface area contributed by atoms with Gasteiger partial charge in [-0.25, -0.2) is 9.18 Å². The molecule has 6 nitrogen and oxygen atoms in total. The van der Waals surface area contributed by atoms with Gasteiger partial charge in [-0.3, -0.25) is 14.9 Å². The van der Waals surface area contributed by atoms with Crippen molar-refractivity contribution in [1.29, 1.82) is 0 Å². The van der Waals surface area contributed by atoms with Crippen LogP contribution in [0.3, 0.4) is 0 Å². The van der Waals surface area contributed by atoms with Crippen molar-refractivity contribution < 1.29 is 27.1 Å². The van der Waals surface area contributed by atoms with Crippen molar-refractivity contribution in [3.63, 3.8) is 0 Å². The quantitative estimate of drug-likeness (QED) is 0.511. The van der Waals surface area contributed by atoms with Crippen LogP contribution in [0.4, 0.5) is 33.7 Å². The van der Waals surface area contributed by atoms with Crippen molar-refractivity contribution in [1.82, 2.24) is 9.97 Å². The molecule has 3 aromatic rings. The van der Waals surface area contributed by atoms with Gasteiger partial charge in [-0.15, -0.1) is 0 Å². The smallest absolute Gasteiger partial charge is 0.433 e. The normalized spacial score (nSPS) is 17.7. The van der Waals surface area contributed by atoms with E-state index in [1.54, 1.807) is 13.0 Å². The number of nitrogens with zero attached hydrogens (tertiary/aromatic N) is 3. The number of halogens is 4. The first kappa shape index (κ1) is 21.2. The highest BCUT2D eigenvalue weighted by atomic mass is 19.4. The highest BCUT2D eigenvalue weighted by Gasteiger charge is 2.39. The van der Waals surface area contributed by atoms with Crippen molar-refractivity contribution >= 4 is 17.4 Å². The summed E-state index contributed by atoms with van der Waals surface area (Å²) in [7, 11) is 0. The van der Waals surface area contributed by atoms with Gasteiger partial charge >= 0.3 is 12.2 Å². The van der Waals surface area contributed by atoms with E-state index in [1.165, 1.54) is 29.3 Å². The number of amides is 2. The standard InChI is InChI=1S/C23H18F4N4O2/c1-12-9-13-4-5-18(20-15(24)3-2-7-28-20)33-19(13)10-17(12)31-11-14-16(30-22(31)32)6-8-29-21(14)23(25,26)27/h2-3,6-10,18H,4-5,11H2,1H3,(H,30,32)/t18-/m0/s1. The van der Waals surface area contributed by atoms with Gasteiger partial charge < -0.3 is 10.1 Å². The van der Waals surface area contributed by atoms with E-state index in [-0.39, 0.29) is 23.5 Å². The van der Waals surface area contributed by atoms with Crippen LogP contribution < -0.4 is 15.0 Å². The molecule has 0 saturated carbocycles. The molecule has 1 atom stereocenters.